The summed E-state index contributed by atoms with van der Waals surface area (Å²) in [6.07, 6.45) is 16.3. The summed E-state index contributed by atoms with van der Waals surface area (Å²) in [5, 5.41) is 0. The van der Waals surface area contributed by atoms with Crippen LogP contribution in [0.4, 0.5) is 22.7 Å². The lowest BCUT2D eigenvalue weighted by atomic mass is 9.33. The summed E-state index contributed by atoms with van der Waals surface area (Å²) in [5.74, 6) is 3.00. The van der Waals surface area contributed by atoms with Gasteiger partial charge in [-0.15, -0.1) is 0 Å². The summed E-state index contributed by atoms with van der Waals surface area (Å²) < 4.78 is 0. The molecule has 5 aromatic carbocycles. The predicted molar refractivity (Wildman–Crippen MR) is 240 cm³/mol. The van der Waals surface area contributed by atoms with Gasteiger partial charge in [0.25, 0.3) is 6.71 Å². The second-order valence-electron chi connectivity index (χ2n) is 20.7. The molecule has 4 saturated carbocycles. The number of hydrogen-bond acceptors (Lipinski definition) is 2. The van der Waals surface area contributed by atoms with Crippen LogP contribution in [0.25, 0.3) is 22.3 Å². The third kappa shape index (κ3) is 3.80. The van der Waals surface area contributed by atoms with Crippen molar-refractivity contribution in [1.82, 2.24) is 0 Å². The van der Waals surface area contributed by atoms with E-state index in [9.17, 15) is 0 Å². The Morgan fingerprint density at radius 1 is 0.474 bits per heavy atom. The molecule has 3 heteroatoms. The third-order valence-corrected chi connectivity index (χ3v) is 19.0. The minimum absolute atomic E-state index is 0.00370. The van der Waals surface area contributed by atoms with Crippen LogP contribution in [0.15, 0.2) is 103 Å². The van der Waals surface area contributed by atoms with Gasteiger partial charge in [0.1, 0.15) is 0 Å². The van der Waals surface area contributed by atoms with Crippen LogP contribution in [0.5, 0.6) is 0 Å². The van der Waals surface area contributed by atoms with Crippen molar-refractivity contribution in [1.29, 1.82) is 0 Å². The third-order valence-electron chi connectivity index (χ3n) is 19.0. The van der Waals surface area contributed by atoms with E-state index in [1.165, 1.54) is 111 Å². The molecule has 4 fully saturated rings. The maximum atomic E-state index is 3.04. The molecular formula is C54H57BN2. The molecule has 13 rings (SSSR count). The smallest absolute Gasteiger partial charge is 0.252 e. The fourth-order valence-electron chi connectivity index (χ4n) is 16.3. The average molecular weight is 745 g/mol. The first kappa shape index (κ1) is 33.7. The van der Waals surface area contributed by atoms with E-state index in [-0.39, 0.29) is 28.6 Å². The van der Waals surface area contributed by atoms with Crippen LogP contribution in [0.3, 0.4) is 0 Å². The Bertz CT molecular complexity index is 2340. The van der Waals surface area contributed by atoms with Gasteiger partial charge in [-0.2, -0.15) is 0 Å². The van der Waals surface area contributed by atoms with E-state index in [0.29, 0.717) is 11.8 Å². The molecular weight excluding hydrogens is 687 g/mol. The molecule has 0 aromatic heterocycles. The number of fused-ring (bicyclic) bond motifs is 14. The molecule has 4 aliphatic heterocycles. The van der Waals surface area contributed by atoms with Crippen molar-refractivity contribution in [3.63, 3.8) is 0 Å². The van der Waals surface area contributed by atoms with Crippen molar-refractivity contribution >= 4 is 45.9 Å². The van der Waals surface area contributed by atoms with E-state index < -0.39 is 0 Å². The average Bonchev–Trinajstić information content (AvgIpc) is 3.62. The Hall–Kier alpha value is -4.24. The Morgan fingerprint density at radius 3 is 1.37 bits per heavy atom. The molecule has 0 spiro atoms. The molecule has 0 N–H and O–H groups in total. The van der Waals surface area contributed by atoms with Crippen molar-refractivity contribution in [2.24, 2.45) is 23.7 Å². The predicted octanol–water partition coefficient (Wildman–Crippen LogP) is 11.7. The monoisotopic (exact) mass is 744 g/mol. The van der Waals surface area contributed by atoms with Crippen LogP contribution in [0, 0.1) is 23.7 Å². The van der Waals surface area contributed by atoms with Gasteiger partial charge < -0.3 is 9.80 Å². The van der Waals surface area contributed by atoms with Gasteiger partial charge in [-0.05, 0) is 138 Å². The first-order valence-corrected chi connectivity index (χ1v) is 23.0. The number of rotatable bonds is 2. The quantitative estimate of drug-likeness (QED) is 0.166. The normalized spacial score (nSPS) is 34.7. The van der Waals surface area contributed by atoms with Crippen molar-refractivity contribution in [3.05, 3.63) is 114 Å². The van der Waals surface area contributed by atoms with Gasteiger partial charge in [-0.25, -0.2) is 0 Å². The van der Waals surface area contributed by atoms with Crippen LogP contribution in [-0.4, -0.2) is 17.8 Å². The minimum Gasteiger partial charge on any atom is -0.335 e. The molecule has 0 amide bonds. The minimum atomic E-state index is 0.00370. The molecule has 2 nitrogen and oxygen atoms in total. The molecule has 0 saturated heterocycles. The number of hydrogen-bond donors (Lipinski definition) is 0. The highest BCUT2D eigenvalue weighted by Gasteiger charge is 2.70. The molecule has 8 atom stereocenters. The van der Waals surface area contributed by atoms with Crippen LogP contribution in [0.2, 0.25) is 0 Å². The van der Waals surface area contributed by atoms with E-state index in [2.05, 4.69) is 141 Å². The Labute approximate surface area is 341 Å². The molecule has 4 heterocycles. The molecule has 5 aromatic rings. The highest BCUT2D eigenvalue weighted by molar-refractivity contribution is 7.00. The van der Waals surface area contributed by atoms with Gasteiger partial charge in [0.2, 0.25) is 0 Å². The van der Waals surface area contributed by atoms with Gasteiger partial charge >= 0.3 is 0 Å². The van der Waals surface area contributed by atoms with Crippen molar-refractivity contribution in [2.75, 3.05) is 9.80 Å². The first-order chi connectivity index (χ1) is 27.8. The van der Waals surface area contributed by atoms with E-state index in [4.69, 9.17) is 0 Å². The molecule has 57 heavy (non-hydrogen) atoms. The molecule has 4 aliphatic carbocycles. The largest absolute Gasteiger partial charge is 0.335 e. The van der Waals surface area contributed by atoms with Crippen molar-refractivity contribution < 1.29 is 0 Å². The molecule has 8 unspecified atom stereocenters. The van der Waals surface area contributed by atoms with Gasteiger partial charge in [-0.1, -0.05) is 143 Å². The summed E-state index contributed by atoms with van der Waals surface area (Å²) in [4.78, 5) is 6.07. The number of nitrogens with zero attached hydrogens (tertiary/aromatic N) is 2. The highest BCUT2D eigenvalue weighted by atomic mass is 15.3. The zero-order valence-electron chi connectivity index (χ0n) is 34.6. The summed E-state index contributed by atoms with van der Waals surface area (Å²) >= 11 is 0. The standard InChI is InChI=1S/C54H57BN2/c1-51-32-30-36-20-11-13-22-40(36)53(51,3)56-44-24-15-25-45-48(44)55(42-28-26-38(46(51)49(42)56)34-16-7-5-8-17-34)43-29-27-39(35-18-9-6-10-19-35)47-50(43)57(45)54(4)41-23-14-12-21-37(41)31-33-52(47,54)2/h5-10,15-19,24-29,36-37,40-41H,11-14,20-23,30-33H2,1-4H3. The second kappa shape index (κ2) is 11.3. The van der Waals surface area contributed by atoms with Crippen molar-refractivity contribution in [2.45, 2.75) is 127 Å². The van der Waals surface area contributed by atoms with Crippen LogP contribution in [0.1, 0.15) is 116 Å². The van der Waals surface area contributed by atoms with Gasteiger partial charge in [-0.3, -0.25) is 0 Å². The number of benzene rings is 5. The van der Waals surface area contributed by atoms with E-state index in [1.807, 2.05) is 0 Å². The first-order valence-electron chi connectivity index (χ1n) is 23.0. The summed E-state index contributed by atoms with van der Waals surface area (Å²) in [7, 11) is 0. The lowest BCUT2D eigenvalue weighted by Gasteiger charge is -2.61. The van der Waals surface area contributed by atoms with E-state index in [0.717, 1.165) is 11.8 Å². The summed E-state index contributed by atoms with van der Waals surface area (Å²) in [6.45, 7) is 11.1. The van der Waals surface area contributed by atoms with Gasteiger partial charge in [0.15, 0.2) is 0 Å². The molecule has 0 radical (unpaired) electrons. The Kier molecular flexibility index (Phi) is 6.67. The Balaban J connectivity index is 1.14. The fourth-order valence-corrected chi connectivity index (χ4v) is 16.3. The number of anilines is 4. The lowest BCUT2D eigenvalue weighted by Crippen LogP contribution is -2.69. The Morgan fingerprint density at radius 2 is 0.912 bits per heavy atom. The SMILES string of the molecule is CC12CCC3CCCCC3C1(C)N1c3cccc4c3B(c3ccc(-c5ccccc5)c2c31)c1ccc(-c2ccccc2)c2c1N4C1(C)C3CCCCC3CCC21C. The van der Waals surface area contributed by atoms with Crippen LogP contribution < -0.4 is 26.2 Å². The van der Waals surface area contributed by atoms with Crippen LogP contribution >= 0.6 is 0 Å². The topological polar surface area (TPSA) is 6.48 Å². The van der Waals surface area contributed by atoms with E-state index >= 15 is 0 Å². The van der Waals surface area contributed by atoms with E-state index in [1.54, 1.807) is 38.9 Å². The zero-order chi connectivity index (χ0) is 38.1. The van der Waals surface area contributed by atoms with Crippen LogP contribution in [-0.2, 0) is 10.8 Å². The maximum Gasteiger partial charge on any atom is 0.252 e. The maximum absolute atomic E-state index is 3.04. The summed E-state index contributed by atoms with van der Waals surface area (Å²) in [5.41, 5.74) is 20.0. The highest BCUT2D eigenvalue weighted by Crippen LogP contribution is 2.70. The second-order valence-corrected chi connectivity index (χ2v) is 20.7. The lowest BCUT2D eigenvalue weighted by molar-refractivity contribution is 0.0336. The van der Waals surface area contributed by atoms with Crippen molar-refractivity contribution in [3.8, 4) is 22.3 Å². The van der Waals surface area contributed by atoms with Gasteiger partial charge in [0, 0.05) is 33.6 Å². The summed E-state index contributed by atoms with van der Waals surface area (Å²) in [6, 6.07) is 40.8. The molecule has 0 bridgehead atoms. The molecule has 8 aliphatic rings. The van der Waals surface area contributed by atoms with Gasteiger partial charge in [0.05, 0.1) is 11.1 Å². The molecule has 286 valence electrons. The zero-order valence-corrected chi connectivity index (χ0v) is 34.6. The fraction of sp³-hybridized carbons (Fsp3) is 0.444.